The maximum atomic E-state index is 13.0. The van der Waals surface area contributed by atoms with Crippen molar-refractivity contribution in [3.05, 3.63) is 0 Å². The lowest BCUT2D eigenvalue weighted by Crippen LogP contribution is -2.45. The van der Waals surface area contributed by atoms with E-state index in [1.54, 1.807) is 0 Å². The van der Waals surface area contributed by atoms with Crippen LogP contribution in [0.4, 0.5) is 0 Å². The molecule has 218 valence electrons. The number of ether oxygens (including phenoxy) is 3. The first-order valence-electron chi connectivity index (χ1n) is 14.9. The van der Waals surface area contributed by atoms with Crippen LogP contribution in [-0.2, 0) is 28.6 Å². The second kappa shape index (κ2) is 21.3. The number of aliphatic hydroxyl groups is 1. The summed E-state index contributed by atoms with van der Waals surface area (Å²) in [6.07, 6.45) is 10.4. The molecule has 37 heavy (non-hydrogen) atoms. The van der Waals surface area contributed by atoms with E-state index in [1.807, 2.05) is 20.8 Å². The van der Waals surface area contributed by atoms with Gasteiger partial charge in [0, 0.05) is 0 Å². The number of hydrogen-bond donors (Lipinski definition) is 1. The van der Waals surface area contributed by atoms with E-state index in [0.29, 0.717) is 0 Å². The van der Waals surface area contributed by atoms with E-state index in [0.717, 1.165) is 77.0 Å². The van der Waals surface area contributed by atoms with Crippen LogP contribution in [0.2, 0.25) is 0 Å². The number of carbonyl (C=O) groups is 3. The lowest BCUT2D eigenvalue weighted by molar-refractivity contribution is -0.179. The molecule has 0 saturated heterocycles. The fraction of sp³-hybridized carbons (Fsp3) is 0.900. The second-order valence-electron chi connectivity index (χ2n) is 10.6. The van der Waals surface area contributed by atoms with Gasteiger partial charge in [-0.25, -0.2) is 4.79 Å². The van der Waals surface area contributed by atoms with Crippen molar-refractivity contribution >= 4 is 17.9 Å². The van der Waals surface area contributed by atoms with Crippen LogP contribution in [0.25, 0.3) is 0 Å². The SMILES string of the molecule is CCCC[C@H](CC)COC(=O)CC(O)(CC(=O)OC[C@@H](CC)CCCC)C(=O)OC[C@@H](CC)CCCC. The summed E-state index contributed by atoms with van der Waals surface area (Å²) in [7, 11) is 0. The molecule has 0 aromatic heterocycles. The topological polar surface area (TPSA) is 99.1 Å². The van der Waals surface area contributed by atoms with Crippen LogP contribution in [0.3, 0.4) is 0 Å². The smallest absolute Gasteiger partial charge is 0.339 e. The largest absolute Gasteiger partial charge is 0.465 e. The molecule has 0 aliphatic rings. The van der Waals surface area contributed by atoms with Crippen molar-refractivity contribution in [2.75, 3.05) is 19.8 Å². The van der Waals surface area contributed by atoms with Gasteiger partial charge in [-0.2, -0.15) is 0 Å². The molecular weight excluding hydrogens is 472 g/mol. The number of carbonyl (C=O) groups excluding carboxylic acids is 3. The average molecular weight is 529 g/mol. The first-order chi connectivity index (χ1) is 17.7. The first-order valence-corrected chi connectivity index (χ1v) is 14.9. The number of hydrogen-bond acceptors (Lipinski definition) is 7. The van der Waals surface area contributed by atoms with Crippen molar-refractivity contribution in [2.45, 2.75) is 137 Å². The Hall–Kier alpha value is -1.63. The van der Waals surface area contributed by atoms with Crippen molar-refractivity contribution in [3.8, 4) is 0 Å². The Labute approximate surface area is 226 Å². The van der Waals surface area contributed by atoms with Gasteiger partial charge in [-0.1, -0.05) is 99.3 Å². The summed E-state index contributed by atoms with van der Waals surface area (Å²) >= 11 is 0. The monoisotopic (exact) mass is 528 g/mol. The van der Waals surface area contributed by atoms with Gasteiger partial charge in [-0.15, -0.1) is 0 Å². The van der Waals surface area contributed by atoms with E-state index >= 15 is 0 Å². The zero-order valence-corrected chi connectivity index (χ0v) is 24.6. The maximum absolute atomic E-state index is 13.0. The van der Waals surface area contributed by atoms with E-state index in [9.17, 15) is 19.5 Å². The highest BCUT2D eigenvalue weighted by molar-refractivity contribution is 5.90. The molecule has 7 heteroatoms. The van der Waals surface area contributed by atoms with Gasteiger partial charge in [0.1, 0.15) is 0 Å². The summed E-state index contributed by atoms with van der Waals surface area (Å²) in [6.45, 7) is 13.1. The summed E-state index contributed by atoms with van der Waals surface area (Å²) in [4.78, 5) is 38.3. The summed E-state index contributed by atoms with van der Waals surface area (Å²) in [5.41, 5.74) is -2.31. The minimum Gasteiger partial charge on any atom is -0.465 e. The van der Waals surface area contributed by atoms with Crippen LogP contribution >= 0.6 is 0 Å². The highest BCUT2D eigenvalue weighted by atomic mass is 16.6. The van der Waals surface area contributed by atoms with E-state index < -0.39 is 36.4 Å². The third-order valence-electron chi connectivity index (χ3n) is 7.29. The van der Waals surface area contributed by atoms with Crippen molar-refractivity contribution in [2.24, 2.45) is 17.8 Å². The van der Waals surface area contributed by atoms with Crippen LogP contribution in [0.1, 0.15) is 131 Å². The molecule has 0 aliphatic heterocycles. The van der Waals surface area contributed by atoms with Gasteiger partial charge in [0.25, 0.3) is 0 Å². The van der Waals surface area contributed by atoms with Crippen molar-refractivity contribution in [1.82, 2.24) is 0 Å². The van der Waals surface area contributed by atoms with E-state index in [2.05, 4.69) is 20.8 Å². The average Bonchev–Trinajstić information content (AvgIpc) is 2.88. The molecule has 0 spiro atoms. The molecule has 0 aromatic rings. The Balaban J connectivity index is 5.29. The summed E-state index contributed by atoms with van der Waals surface area (Å²) in [5.74, 6) is -1.77. The fourth-order valence-electron chi connectivity index (χ4n) is 4.23. The predicted octanol–water partition coefficient (Wildman–Crippen LogP) is 6.78. The Morgan fingerprint density at radius 2 is 0.919 bits per heavy atom. The Kier molecular flexibility index (Phi) is 20.4. The molecule has 0 saturated carbocycles. The normalized spacial score (nSPS) is 14.0. The van der Waals surface area contributed by atoms with E-state index in [1.165, 1.54) is 0 Å². The zero-order chi connectivity index (χ0) is 28.1. The molecule has 1 N–H and O–H groups in total. The van der Waals surface area contributed by atoms with Crippen molar-refractivity contribution < 1.29 is 33.7 Å². The van der Waals surface area contributed by atoms with Crippen LogP contribution in [0.15, 0.2) is 0 Å². The predicted molar refractivity (Wildman–Crippen MR) is 147 cm³/mol. The fourth-order valence-corrected chi connectivity index (χ4v) is 4.23. The molecule has 0 bridgehead atoms. The van der Waals surface area contributed by atoms with Crippen LogP contribution in [0, 0.1) is 17.8 Å². The molecule has 3 atom stereocenters. The van der Waals surface area contributed by atoms with Gasteiger partial charge < -0.3 is 19.3 Å². The lowest BCUT2D eigenvalue weighted by atomic mass is 9.95. The molecule has 0 fully saturated rings. The third-order valence-corrected chi connectivity index (χ3v) is 7.29. The number of unbranched alkanes of at least 4 members (excludes halogenated alkanes) is 3. The first kappa shape index (κ1) is 35.4. The molecule has 0 heterocycles. The lowest BCUT2D eigenvalue weighted by Gasteiger charge is -2.26. The summed E-state index contributed by atoms with van der Waals surface area (Å²) in [6, 6.07) is 0. The van der Waals surface area contributed by atoms with Crippen LogP contribution in [0.5, 0.6) is 0 Å². The minimum atomic E-state index is -2.31. The van der Waals surface area contributed by atoms with Crippen LogP contribution < -0.4 is 0 Å². The second-order valence-corrected chi connectivity index (χ2v) is 10.6. The minimum absolute atomic E-state index is 0.144. The maximum Gasteiger partial charge on any atom is 0.339 e. The number of rotatable bonds is 23. The van der Waals surface area contributed by atoms with Gasteiger partial charge in [0.05, 0.1) is 32.7 Å². The molecule has 0 aliphatic carbocycles. The van der Waals surface area contributed by atoms with Crippen molar-refractivity contribution in [3.63, 3.8) is 0 Å². The summed E-state index contributed by atoms with van der Waals surface area (Å²) in [5, 5.41) is 11.2. The van der Waals surface area contributed by atoms with Gasteiger partial charge in [0.2, 0.25) is 0 Å². The third kappa shape index (κ3) is 16.0. The van der Waals surface area contributed by atoms with E-state index in [-0.39, 0.29) is 37.6 Å². The van der Waals surface area contributed by atoms with E-state index in [4.69, 9.17) is 14.2 Å². The molecular formula is C30H56O7. The molecule has 0 rings (SSSR count). The van der Waals surface area contributed by atoms with Crippen molar-refractivity contribution in [1.29, 1.82) is 0 Å². The highest BCUT2D eigenvalue weighted by Crippen LogP contribution is 2.23. The molecule has 7 nitrogen and oxygen atoms in total. The molecule has 0 radical (unpaired) electrons. The van der Waals surface area contributed by atoms with Gasteiger partial charge in [-0.3, -0.25) is 9.59 Å². The Morgan fingerprint density at radius 3 is 1.22 bits per heavy atom. The quantitative estimate of drug-likeness (QED) is 0.115. The number of esters is 3. The van der Waals surface area contributed by atoms with Gasteiger partial charge in [-0.05, 0) is 37.0 Å². The highest BCUT2D eigenvalue weighted by Gasteiger charge is 2.43. The van der Waals surface area contributed by atoms with Crippen LogP contribution in [-0.4, -0.2) is 48.4 Å². The Bertz CT molecular complexity index is 585. The standard InChI is InChI=1S/C30H56O7/c1-7-13-16-24(10-4)21-35-27(31)19-30(34,29(33)37-23-26(12-6)18-15-9-3)20-28(32)36-22-25(11-5)17-14-8-2/h24-26,34H,7-23H2,1-6H3/t24-,25-,26-/m0/s1. The zero-order valence-electron chi connectivity index (χ0n) is 24.6. The Morgan fingerprint density at radius 1 is 0.595 bits per heavy atom. The molecule has 0 amide bonds. The summed E-state index contributed by atoms with van der Waals surface area (Å²) < 4.78 is 16.3. The molecule has 0 unspecified atom stereocenters. The molecule has 0 aromatic carbocycles. The van der Waals surface area contributed by atoms with Gasteiger partial charge >= 0.3 is 17.9 Å². The van der Waals surface area contributed by atoms with Gasteiger partial charge in [0.15, 0.2) is 5.60 Å².